The molecule has 0 saturated heterocycles. The molecule has 39 heavy (non-hydrogen) atoms. The van der Waals surface area contributed by atoms with Gasteiger partial charge in [0.25, 0.3) is 5.56 Å². The zero-order valence-electron chi connectivity index (χ0n) is 21.3. The molecule has 0 aliphatic carbocycles. The van der Waals surface area contributed by atoms with Gasteiger partial charge in [-0.05, 0) is 43.7 Å². The van der Waals surface area contributed by atoms with Crippen molar-refractivity contribution < 1.29 is 22.7 Å². The smallest absolute Gasteiger partial charge is 0.416 e. The fraction of sp³-hybridized carbons (Fsp3) is 0.269. The lowest BCUT2D eigenvalue weighted by molar-refractivity contribution is -0.138. The highest BCUT2D eigenvalue weighted by Gasteiger charge is 2.33. The molecular weight excluding hydrogens is 517 g/mol. The van der Waals surface area contributed by atoms with E-state index in [1.54, 1.807) is 24.3 Å². The Kier molecular flexibility index (Phi) is 7.18. The van der Waals surface area contributed by atoms with Gasteiger partial charge in [0.2, 0.25) is 0 Å². The number of nitrogens with zero attached hydrogens (tertiary/aromatic N) is 4. The quantitative estimate of drug-likeness (QED) is 0.258. The van der Waals surface area contributed by atoms with Gasteiger partial charge in [0.05, 0.1) is 18.7 Å². The first-order valence-electron chi connectivity index (χ1n) is 11.7. The third-order valence-electron chi connectivity index (χ3n) is 6.12. The number of hydrogen-bond acceptors (Lipinski definition) is 7. The number of benzene rings is 2. The molecule has 3 N–H and O–H groups in total. The predicted molar refractivity (Wildman–Crippen MR) is 138 cm³/mol. The van der Waals surface area contributed by atoms with E-state index in [1.807, 2.05) is 0 Å². The van der Waals surface area contributed by atoms with Crippen LogP contribution in [-0.2, 0) is 31.1 Å². The maximum Gasteiger partial charge on any atom is 0.416 e. The number of nitrogens with two attached hydrogens (primary N) is 1. The highest BCUT2D eigenvalue weighted by atomic mass is 19.4. The number of carbonyl (C=O) groups excluding carboxylic acids is 1. The standard InChI is InChI=1S/C26H25F3N6O4/c1-14(36)11-18(31)13-35-23(37)21-22(33(3)25(35)38)32-24(34(21)12-16-7-9-17(30)10-8-16)39-20-6-4-5-19(15(20)2)26(27,28)29/h4-10,31H,11-13,30H2,1-3H3. The van der Waals surface area contributed by atoms with Crippen molar-refractivity contribution in [3.63, 3.8) is 0 Å². The van der Waals surface area contributed by atoms with Crippen LogP contribution in [0.5, 0.6) is 11.8 Å². The minimum Gasteiger partial charge on any atom is -0.425 e. The summed E-state index contributed by atoms with van der Waals surface area (Å²) in [4.78, 5) is 42.4. The number of Topliss-reactive ketones (excluding diaryl/α,β-unsaturated/α-hetero) is 1. The molecule has 0 aliphatic heterocycles. The van der Waals surface area contributed by atoms with Crippen LogP contribution in [0.25, 0.3) is 11.2 Å². The van der Waals surface area contributed by atoms with Gasteiger partial charge in [0, 0.05) is 30.4 Å². The van der Waals surface area contributed by atoms with Crippen LogP contribution in [0.3, 0.4) is 0 Å². The molecule has 0 saturated carbocycles. The second kappa shape index (κ2) is 10.2. The van der Waals surface area contributed by atoms with Crippen molar-refractivity contribution in [3.05, 3.63) is 80.0 Å². The Labute approximate surface area is 219 Å². The number of ether oxygens (including phenoxy) is 1. The number of rotatable bonds is 8. The predicted octanol–water partition coefficient (Wildman–Crippen LogP) is 3.65. The van der Waals surface area contributed by atoms with Crippen LogP contribution in [0, 0.1) is 12.3 Å². The number of halogens is 3. The molecule has 0 unspecified atom stereocenters. The minimum absolute atomic E-state index is 0.00244. The van der Waals surface area contributed by atoms with E-state index in [4.69, 9.17) is 15.9 Å². The SMILES string of the molecule is CC(=O)CC(=N)Cn1c(=O)c2c(nc(Oc3cccc(C(F)(F)F)c3C)n2Cc2ccc(N)cc2)n(C)c1=O. The molecule has 0 spiro atoms. The number of nitrogen functional groups attached to an aromatic ring is 1. The highest BCUT2D eigenvalue weighted by Crippen LogP contribution is 2.37. The van der Waals surface area contributed by atoms with Gasteiger partial charge in [0.15, 0.2) is 11.2 Å². The molecule has 2 aromatic heterocycles. The second-order valence-electron chi connectivity index (χ2n) is 9.14. The first-order valence-corrected chi connectivity index (χ1v) is 11.7. The lowest BCUT2D eigenvalue weighted by Crippen LogP contribution is -2.41. The van der Waals surface area contributed by atoms with E-state index in [0.29, 0.717) is 11.3 Å². The van der Waals surface area contributed by atoms with Crippen LogP contribution in [-0.4, -0.2) is 30.2 Å². The van der Waals surface area contributed by atoms with Crippen LogP contribution in [0.2, 0.25) is 0 Å². The van der Waals surface area contributed by atoms with E-state index in [1.165, 1.54) is 37.6 Å². The van der Waals surface area contributed by atoms with E-state index in [2.05, 4.69) is 4.98 Å². The highest BCUT2D eigenvalue weighted by molar-refractivity contribution is 5.99. The molecule has 13 heteroatoms. The number of fused-ring (bicyclic) bond motifs is 1. The summed E-state index contributed by atoms with van der Waals surface area (Å²) in [5, 5.41) is 8.05. The summed E-state index contributed by atoms with van der Waals surface area (Å²) >= 11 is 0. The number of ketones is 1. The lowest BCUT2D eigenvalue weighted by atomic mass is 10.1. The number of aryl methyl sites for hydroxylation is 1. The van der Waals surface area contributed by atoms with E-state index < -0.39 is 29.5 Å². The first-order chi connectivity index (χ1) is 18.3. The Morgan fingerprint density at radius 2 is 1.77 bits per heavy atom. The van der Waals surface area contributed by atoms with Gasteiger partial charge >= 0.3 is 17.9 Å². The van der Waals surface area contributed by atoms with Crippen molar-refractivity contribution in [2.75, 3.05) is 5.73 Å². The molecule has 10 nitrogen and oxygen atoms in total. The third kappa shape index (κ3) is 5.47. The van der Waals surface area contributed by atoms with Gasteiger partial charge in [-0.1, -0.05) is 18.2 Å². The molecule has 0 fully saturated rings. The molecule has 2 aromatic carbocycles. The second-order valence-corrected chi connectivity index (χ2v) is 9.14. The van der Waals surface area contributed by atoms with Crippen LogP contribution in [0.15, 0.2) is 52.1 Å². The number of imidazole rings is 1. The van der Waals surface area contributed by atoms with Crippen molar-refractivity contribution in [1.29, 1.82) is 5.41 Å². The summed E-state index contributed by atoms with van der Waals surface area (Å²) in [6.07, 6.45) is -4.85. The van der Waals surface area contributed by atoms with E-state index in [9.17, 15) is 27.6 Å². The van der Waals surface area contributed by atoms with Gasteiger partial charge in [-0.25, -0.2) is 4.79 Å². The summed E-state index contributed by atoms with van der Waals surface area (Å²) in [6, 6.07) is 9.93. The maximum atomic E-state index is 13.6. The fourth-order valence-corrected chi connectivity index (χ4v) is 4.20. The van der Waals surface area contributed by atoms with Crippen LogP contribution in [0.1, 0.15) is 30.0 Å². The lowest BCUT2D eigenvalue weighted by Gasteiger charge is -2.15. The van der Waals surface area contributed by atoms with Gasteiger partial charge in [-0.2, -0.15) is 18.2 Å². The molecule has 204 valence electrons. The van der Waals surface area contributed by atoms with Crippen LogP contribution >= 0.6 is 0 Å². The Hall–Kier alpha value is -4.68. The summed E-state index contributed by atoms with van der Waals surface area (Å²) in [5.74, 6) is -0.432. The van der Waals surface area contributed by atoms with Gasteiger partial charge < -0.3 is 15.9 Å². The molecule has 0 amide bonds. The Bertz CT molecular complexity index is 1720. The summed E-state index contributed by atoms with van der Waals surface area (Å²) < 4.78 is 49.6. The molecular formula is C26H25F3N6O4. The number of hydrogen-bond donors (Lipinski definition) is 2. The number of alkyl halides is 3. The van der Waals surface area contributed by atoms with Crippen LogP contribution < -0.4 is 21.7 Å². The molecule has 4 rings (SSSR count). The molecule has 0 aliphatic rings. The van der Waals surface area contributed by atoms with Gasteiger partial charge in [-0.3, -0.25) is 23.3 Å². The molecule has 0 radical (unpaired) electrons. The third-order valence-corrected chi connectivity index (χ3v) is 6.12. The van der Waals surface area contributed by atoms with Crippen LogP contribution in [0.4, 0.5) is 18.9 Å². The fourth-order valence-electron chi connectivity index (χ4n) is 4.20. The summed E-state index contributed by atoms with van der Waals surface area (Å²) in [7, 11) is 1.37. The van der Waals surface area contributed by atoms with Gasteiger partial charge in [0.1, 0.15) is 11.5 Å². The Balaban J connectivity index is 1.94. The summed E-state index contributed by atoms with van der Waals surface area (Å²) in [6.45, 7) is 2.13. The monoisotopic (exact) mass is 542 g/mol. The average molecular weight is 543 g/mol. The zero-order valence-corrected chi connectivity index (χ0v) is 21.3. The number of carbonyl (C=O) groups is 1. The van der Waals surface area contributed by atoms with E-state index >= 15 is 0 Å². The van der Waals surface area contributed by atoms with Crippen molar-refractivity contribution in [3.8, 4) is 11.8 Å². The van der Waals surface area contributed by atoms with Crippen molar-refractivity contribution in [1.82, 2.24) is 18.7 Å². The average Bonchev–Trinajstić information content (AvgIpc) is 3.20. The number of nitrogens with one attached hydrogen (secondary N) is 1. The van der Waals surface area contributed by atoms with E-state index in [0.717, 1.165) is 15.2 Å². The van der Waals surface area contributed by atoms with Crippen molar-refractivity contribution in [2.45, 2.75) is 39.5 Å². The number of anilines is 1. The molecule has 0 atom stereocenters. The Morgan fingerprint density at radius 3 is 2.38 bits per heavy atom. The first kappa shape index (κ1) is 27.4. The van der Waals surface area contributed by atoms with Crippen molar-refractivity contribution >= 4 is 28.3 Å². The Morgan fingerprint density at radius 1 is 1.10 bits per heavy atom. The largest absolute Gasteiger partial charge is 0.425 e. The van der Waals surface area contributed by atoms with Gasteiger partial charge in [-0.15, -0.1) is 0 Å². The summed E-state index contributed by atoms with van der Waals surface area (Å²) in [5.41, 5.74) is 4.04. The van der Waals surface area contributed by atoms with E-state index in [-0.39, 0.29) is 52.9 Å². The molecule has 2 heterocycles. The molecule has 0 bridgehead atoms. The topological polar surface area (TPSA) is 138 Å². The van der Waals surface area contributed by atoms with Crippen molar-refractivity contribution in [2.24, 2.45) is 7.05 Å². The maximum absolute atomic E-state index is 13.6. The normalized spacial score (nSPS) is 11.6. The number of aromatic nitrogens is 4. The minimum atomic E-state index is -4.62. The zero-order chi connectivity index (χ0) is 28.6. The molecule has 4 aromatic rings.